The summed E-state index contributed by atoms with van der Waals surface area (Å²) in [5.41, 5.74) is 5.68. The molecule has 5 nitrogen and oxygen atoms in total. The molecule has 0 spiro atoms. The van der Waals surface area contributed by atoms with Gasteiger partial charge in [0.05, 0.1) is 22.8 Å². The number of hydrogen-bond donors (Lipinski definition) is 0. The molecule has 0 N–H and O–H groups in total. The third-order valence-corrected chi connectivity index (χ3v) is 5.56. The molecule has 1 aromatic carbocycles. The molecule has 0 atom stereocenters. The van der Waals surface area contributed by atoms with Crippen LogP contribution in [-0.4, -0.2) is 27.2 Å². The highest BCUT2D eigenvalue weighted by molar-refractivity contribution is 9.10. The van der Waals surface area contributed by atoms with Gasteiger partial charge in [0.1, 0.15) is 0 Å². The van der Waals surface area contributed by atoms with Gasteiger partial charge in [-0.05, 0) is 69.9 Å². The van der Waals surface area contributed by atoms with E-state index in [1.54, 1.807) is 6.20 Å². The second-order valence-corrected chi connectivity index (χ2v) is 8.44. The normalized spacial score (nSPS) is 14.1. The van der Waals surface area contributed by atoms with Crippen molar-refractivity contribution in [3.8, 4) is 0 Å². The van der Waals surface area contributed by atoms with Crippen LogP contribution in [0.5, 0.6) is 0 Å². The van der Waals surface area contributed by atoms with Crippen LogP contribution < -0.4 is 4.90 Å². The van der Waals surface area contributed by atoms with Crippen molar-refractivity contribution in [1.29, 1.82) is 0 Å². The van der Waals surface area contributed by atoms with E-state index in [0.29, 0.717) is 5.56 Å². The zero-order valence-corrected chi connectivity index (χ0v) is 17.7. The Morgan fingerprint density at radius 1 is 1.22 bits per heavy atom. The van der Waals surface area contributed by atoms with Crippen LogP contribution in [0.15, 0.2) is 28.9 Å². The Labute approximate surface area is 167 Å². The summed E-state index contributed by atoms with van der Waals surface area (Å²) in [7, 11) is 0. The summed E-state index contributed by atoms with van der Waals surface area (Å²) >= 11 is 3.58. The van der Waals surface area contributed by atoms with Gasteiger partial charge in [-0.15, -0.1) is 0 Å². The van der Waals surface area contributed by atoms with E-state index in [1.165, 1.54) is 5.56 Å². The van der Waals surface area contributed by atoms with Crippen LogP contribution in [0.2, 0.25) is 0 Å². The third kappa shape index (κ3) is 3.06. The minimum atomic E-state index is 0.0279. The van der Waals surface area contributed by atoms with E-state index in [1.807, 2.05) is 22.6 Å². The van der Waals surface area contributed by atoms with Crippen LogP contribution in [0, 0.1) is 13.8 Å². The molecule has 0 saturated heterocycles. The molecule has 3 aromatic rings. The molecule has 6 heteroatoms. The van der Waals surface area contributed by atoms with Crippen LogP contribution in [0.3, 0.4) is 0 Å². The monoisotopic (exact) mass is 426 g/mol. The topological polar surface area (TPSA) is 51.0 Å². The average molecular weight is 427 g/mol. The van der Waals surface area contributed by atoms with Gasteiger partial charge in [0, 0.05) is 22.8 Å². The smallest absolute Gasteiger partial charge is 0.259 e. The van der Waals surface area contributed by atoms with Crippen LogP contribution in [0.25, 0.3) is 11.0 Å². The number of aryl methyl sites for hydroxylation is 3. The molecule has 4 rings (SSSR count). The van der Waals surface area contributed by atoms with Crippen LogP contribution in [0.4, 0.5) is 5.69 Å². The molecular formula is C21H23BrN4O. The molecule has 0 fully saturated rings. The summed E-state index contributed by atoms with van der Waals surface area (Å²) < 4.78 is 2.94. The number of hydrogen-bond acceptors (Lipinski definition) is 3. The van der Waals surface area contributed by atoms with Gasteiger partial charge in [-0.2, -0.15) is 5.10 Å². The molecule has 0 saturated carbocycles. The maximum atomic E-state index is 13.6. The zero-order chi connectivity index (χ0) is 19.3. The minimum Gasteiger partial charge on any atom is -0.308 e. The first-order chi connectivity index (χ1) is 12.9. The summed E-state index contributed by atoms with van der Waals surface area (Å²) in [6, 6.07) is 6.29. The lowest BCUT2D eigenvalue weighted by molar-refractivity contribution is 0.0986. The largest absolute Gasteiger partial charge is 0.308 e. The molecule has 140 valence electrons. The molecule has 2 aromatic heterocycles. The maximum Gasteiger partial charge on any atom is 0.259 e. The Morgan fingerprint density at radius 2 is 2.00 bits per heavy atom. The van der Waals surface area contributed by atoms with Crippen molar-refractivity contribution in [2.45, 2.75) is 46.6 Å². The first-order valence-corrected chi connectivity index (χ1v) is 10.1. The van der Waals surface area contributed by atoms with Gasteiger partial charge in [-0.3, -0.25) is 4.79 Å². The highest BCUT2D eigenvalue weighted by Crippen LogP contribution is 2.35. The minimum absolute atomic E-state index is 0.0279. The predicted octanol–water partition coefficient (Wildman–Crippen LogP) is 4.98. The van der Waals surface area contributed by atoms with E-state index in [2.05, 4.69) is 58.9 Å². The number of aromatic nitrogens is 3. The number of anilines is 1. The van der Waals surface area contributed by atoms with E-state index in [-0.39, 0.29) is 11.9 Å². The summed E-state index contributed by atoms with van der Waals surface area (Å²) in [6.07, 6.45) is 3.73. The molecule has 0 unspecified atom stereocenters. The van der Waals surface area contributed by atoms with E-state index in [0.717, 1.165) is 51.8 Å². The van der Waals surface area contributed by atoms with Crippen molar-refractivity contribution in [2.75, 3.05) is 11.4 Å². The Hall–Kier alpha value is -2.21. The standard InChI is InChI=1S/C21H23BrN4O/c1-12(2)26-20-18(11-23-26)17(9-14(4)24-20)21(27)25-7-5-6-15-10-16(22)8-13(3)19(15)25/h8-12H,5-7H2,1-4H3. The number of nitrogens with zero attached hydrogens (tertiary/aromatic N) is 4. The molecule has 3 heterocycles. The lowest BCUT2D eigenvalue weighted by Crippen LogP contribution is -2.36. The Bertz CT molecular complexity index is 1050. The van der Waals surface area contributed by atoms with Gasteiger partial charge >= 0.3 is 0 Å². The van der Waals surface area contributed by atoms with Crippen LogP contribution in [-0.2, 0) is 6.42 Å². The molecule has 27 heavy (non-hydrogen) atoms. The van der Waals surface area contributed by atoms with Crippen LogP contribution in [0.1, 0.15) is 53.5 Å². The number of amides is 1. The summed E-state index contributed by atoms with van der Waals surface area (Å²) in [4.78, 5) is 20.2. The van der Waals surface area contributed by atoms with E-state index in [4.69, 9.17) is 0 Å². The van der Waals surface area contributed by atoms with Crippen molar-refractivity contribution >= 4 is 38.6 Å². The Kier molecular flexibility index (Phi) is 4.54. The fraction of sp³-hybridized carbons (Fsp3) is 0.381. The fourth-order valence-corrected chi connectivity index (χ4v) is 4.59. The second kappa shape index (κ2) is 6.75. The highest BCUT2D eigenvalue weighted by atomic mass is 79.9. The van der Waals surface area contributed by atoms with E-state index in [9.17, 15) is 4.79 Å². The highest BCUT2D eigenvalue weighted by Gasteiger charge is 2.28. The van der Waals surface area contributed by atoms with Gasteiger partial charge < -0.3 is 4.90 Å². The number of carbonyl (C=O) groups excluding carboxylic acids is 1. The lowest BCUT2D eigenvalue weighted by Gasteiger charge is -2.31. The number of pyridine rings is 1. The van der Waals surface area contributed by atoms with Gasteiger partial charge in [-0.1, -0.05) is 15.9 Å². The van der Waals surface area contributed by atoms with Crippen LogP contribution >= 0.6 is 15.9 Å². The van der Waals surface area contributed by atoms with Gasteiger partial charge in [0.15, 0.2) is 5.65 Å². The van der Waals surface area contributed by atoms with Crippen molar-refractivity contribution in [1.82, 2.24) is 14.8 Å². The quantitative estimate of drug-likeness (QED) is 0.580. The predicted molar refractivity (Wildman–Crippen MR) is 112 cm³/mol. The molecule has 1 aliphatic heterocycles. The molecule has 0 bridgehead atoms. The lowest BCUT2D eigenvalue weighted by atomic mass is 9.97. The molecule has 0 radical (unpaired) electrons. The molecule has 1 aliphatic rings. The first kappa shape index (κ1) is 18.2. The first-order valence-electron chi connectivity index (χ1n) is 9.32. The van der Waals surface area contributed by atoms with Gasteiger partial charge in [-0.25, -0.2) is 9.67 Å². The summed E-state index contributed by atoms with van der Waals surface area (Å²) in [6.45, 7) is 8.87. The fourth-order valence-electron chi connectivity index (χ4n) is 3.97. The van der Waals surface area contributed by atoms with Crippen molar-refractivity contribution in [2.24, 2.45) is 0 Å². The third-order valence-electron chi connectivity index (χ3n) is 5.10. The van der Waals surface area contributed by atoms with Crippen molar-refractivity contribution in [3.05, 3.63) is 51.3 Å². The number of rotatable bonds is 2. The van der Waals surface area contributed by atoms with Gasteiger partial charge in [0.2, 0.25) is 0 Å². The molecular weight excluding hydrogens is 404 g/mol. The number of fused-ring (bicyclic) bond motifs is 2. The Balaban J connectivity index is 1.86. The summed E-state index contributed by atoms with van der Waals surface area (Å²) in [5, 5.41) is 5.30. The average Bonchev–Trinajstić information content (AvgIpc) is 3.03. The second-order valence-electron chi connectivity index (χ2n) is 7.52. The van der Waals surface area contributed by atoms with Crippen molar-refractivity contribution < 1.29 is 4.79 Å². The molecule has 1 amide bonds. The van der Waals surface area contributed by atoms with Gasteiger partial charge in [0.25, 0.3) is 5.91 Å². The maximum absolute atomic E-state index is 13.6. The Morgan fingerprint density at radius 3 is 2.74 bits per heavy atom. The number of carbonyl (C=O) groups is 1. The zero-order valence-electron chi connectivity index (χ0n) is 16.1. The SMILES string of the molecule is Cc1cc(C(=O)N2CCCc3cc(Br)cc(C)c32)c2cnn(C(C)C)c2n1. The molecule has 0 aliphatic carbocycles. The van der Waals surface area contributed by atoms with E-state index >= 15 is 0 Å². The van der Waals surface area contributed by atoms with Crippen molar-refractivity contribution in [3.63, 3.8) is 0 Å². The summed E-state index contributed by atoms with van der Waals surface area (Å²) in [5.74, 6) is 0.0279. The number of halogens is 1. The number of benzene rings is 1. The van der Waals surface area contributed by atoms with E-state index < -0.39 is 0 Å².